The van der Waals surface area contributed by atoms with Gasteiger partial charge in [0, 0.05) is 18.6 Å². The van der Waals surface area contributed by atoms with Gasteiger partial charge in [-0.15, -0.1) is 0 Å². The first kappa shape index (κ1) is 13.7. The summed E-state index contributed by atoms with van der Waals surface area (Å²) in [6.45, 7) is 6.25. The average Bonchev–Trinajstić information content (AvgIpc) is 2.96. The SMILES string of the molecule is CC(C)N1CCCC1Cn1c(=O)[nH]c2cccc(Cl)c21. The van der Waals surface area contributed by atoms with E-state index >= 15 is 0 Å². The topological polar surface area (TPSA) is 41.0 Å². The van der Waals surface area contributed by atoms with Crippen molar-refractivity contribution in [2.24, 2.45) is 0 Å². The minimum atomic E-state index is -0.0660. The zero-order chi connectivity index (χ0) is 14.3. The van der Waals surface area contributed by atoms with Gasteiger partial charge in [-0.05, 0) is 45.4 Å². The predicted molar refractivity (Wildman–Crippen MR) is 82.4 cm³/mol. The Balaban J connectivity index is 1.99. The van der Waals surface area contributed by atoms with E-state index in [-0.39, 0.29) is 5.69 Å². The summed E-state index contributed by atoms with van der Waals surface area (Å²) in [5.74, 6) is 0. The first-order valence-corrected chi connectivity index (χ1v) is 7.58. The van der Waals surface area contributed by atoms with E-state index in [4.69, 9.17) is 11.6 Å². The molecule has 0 bridgehead atoms. The number of rotatable bonds is 3. The molecule has 0 aliphatic carbocycles. The van der Waals surface area contributed by atoms with Gasteiger partial charge < -0.3 is 4.98 Å². The first-order valence-electron chi connectivity index (χ1n) is 7.20. The van der Waals surface area contributed by atoms with Gasteiger partial charge >= 0.3 is 5.69 Å². The standard InChI is InChI=1S/C15H20ClN3O/c1-10(2)18-8-4-5-11(18)9-19-14-12(16)6-3-7-13(14)17-15(19)20/h3,6-7,10-11H,4-5,8-9H2,1-2H3,(H,17,20). The highest BCUT2D eigenvalue weighted by molar-refractivity contribution is 6.34. The summed E-state index contributed by atoms with van der Waals surface area (Å²) in [6, 6.07) is 6.53. The van der Waals surface area contributed by atoms with Gasteiger partial charge in [0.15, 0.2) is 0 Å². The Labute approximate surface area is 123 Å². The molecule has 1 saturated heterocycles. The molecule has 3 rings (SSSR count). The smallest absolute Gasteiger partial charge is 0.305 e. The summed E-state index contributed by atoms with van der Waals surface area (Å²) in [7, 11) is 0. The lowest BCUT2D eigenvalue weighted by atomic mass is 10.2. The number of hydrogen-bond acceptors (Lipinski definition) is 2. The largest absolute Gasteiger partial charge is 0.326 e. The van der Waals surface area contributed by atoms with Gasteiger partial charge in [0.2, 0.25) is 0 Å². The Morgan fingerprint density at radius 2 is 2.25 bits per heavy atom. The summed E-state index contributed by atoms with van der Waals surface area (Å²) in [5, 5.41) is 0.634. The highest BCUT2D eigenvalue weighted by atomic mass is 35.5. The van der Waals surface area contributed by atoms with Crippen molar-refractivity contribution >= 4 is 22.6 Å². The fourth-order valence-electron chi connectivity index (χ4n) is 3.29. The molecular weight excluding hydrogens is 274 g/mol. The van der Waals surface area contributed by atoms with Crippen molar-refractivity contribution < 1.29 is 0 Å². The molecule has 2 heterocycles. The van der Waals surface area contributed by atoms with Crippen LogP contribution in [-0.4, -0.2) is 33.1 Å². The van der Waals surface area contributed by atoms with Crippen molar-refractivity contribution in [1.82, 2.24) is 14.5 Å². The van der Waals surface area contributed by atoms with Crippen LogP contribution in [0.5, 0.6) is 0 Å². The third-order valence-corrected chi connectivity index (χ3v) is 4.53. The third-order valence-electron chi connectivity index (χ3n) is 4.22. The monoisotopic (exact) mass is 293 g/mol. The molecule has 20 heavy (non-hydrogen) atoms. The normalized spacial score (nSPS) is 20.3. The van der Waals surface area contributed by atoms with Crippen LogP contribution in [0.2, 0.25) is 5.02 Å². The lowest BCUT2D eigenvalue weighted by Gasteiger charge is -2.28. The maximum absolute atomic E-state index is 12.2. The van der Waals surface area contributed by atoms with E-state index < -0.39 is 0 Å². The summed E-state index contributed by atoms with van der Waals surface area (Å²) < 4.78 is 1.79. The zero-order valence-electron chi connectivity index (χ0n) is 11.9. The molecule has 1 aliphatic rings. The van der Waals surface area contributed by atoms with E-state index in [0.717, 1.165) is 24.0 Å². The number of halogens is 1. The number of nitrogens with zero attached hydrogens (tertiary/aromatic N) is 2. The Morgan fingerprint density at radius 3 is 3.00 bits per heavy atom. The van der Waals surface area contributed by atoms with E-state index in [1.807, 2.05) is 18.2 Å². The predicted octanol–water partition coefficient (Wildman–Crippen LogP) is 2.86. The lowest BCUT2D eigenvalue weighted by molar-refractivity contribution is 0.187. The van der Waals surface area contributed by atoms with Gasteiger partial charge in [-0.1, -0.05) is 17.7 Å². The number of benzene rings is 1. The second kappa shape index (κ2) is 5.26. The van der Waals surface area contributed by atoms with Crippen molar-refractivity contribution in [2.75, 3.05) is 6.54 Å². The van der Waals surface area contributed by atoms with Crippen molar-refractivity contribution in [3.05, 3.63) is 33.7 Å². The fourth-order valence-corrected chi connectivity index (χ4v) is 3.57. The number of para-hydroxylation sites is 1. The molecule has 1 N–H and O–H groups in total. The van der Waals surface area contributed by atoms with Gasteiger partial charge in [0.25, 0.3) is 0 Å². The van der Waals surface area contributed by atoms with Gasteiger partial charge in [-0.3, -0.25) is 9.47 Å². The molecular formula is C15H20ClN3O. The Hall–Kier alpha value is -1.26. The molecule has 1 aromatic heterocycles. The second-order valence-corrected chi connectivity index (χ2v) is 6.21. The van der Waals surface area contributed by atoms with Crippen molar-refractivity contribution in [3.63, 3.8) is 0 Å². The van der Waals surface area contributed by atoms with Gasteiger partial charge in [0.05, 0.1) is 16.1 Å². The molecule has 0 spiro atoms. The Morgan fingerprint density at radius 1 is 1.45 bits per heavy atom. The van der Waals surface area contributed by atoms with Gasteiger partial charge in [-0.25, -0.2) is 4.79 Å². The molecule has 5 heteroatoms. The number of aromatic nitrogens is 2. The molecule has 1 aliphatic heterocycles. The van der Waals surface area contributed by atoms with Gasteiger partial charge in [0.1, 0.15) is 0 Å². The van der Waals surface area contributed by atoms with Gasteiger partial charge in [-0.2, -0.15) is 0 Å². The summed E-state index contributed by atoms with van der Waals surface area (Å²) in [6.07, 6.45) is 2.34. The van der Waals surface area contributed by atoms with Crippen LogP contribution in [0, 0.1) is 0 Å². The third kappa shape index (κ3) is 2.27. The van der Waals surface area contributed by atoms with Crippen LogP contribution >= 0.6 is 11.6 Å². The molecule has 0 amide bonds. The van der Waals surface area contributed by atoms with E-state index in [1.54, 1.807) is 4.57 Å². The average molecular weight is 294 g/mol. The second-order valence-electron chi connectivity index (χ2n) is 5.80. The number of aromatic amines is 1. The zero-order valence-corrected chi connectivity index (χ0v) is 12.7. The molecule has 1 fully saturated rings. The molecule has 1 unspecified atom stereocenters. The van der Waals surface area contributed by atoms with Crippen LogP contribution < -0.4 is 5.69 Å². The molecule has 1 aromatic carbocycles. The van der Waals surface area contributed by atoms with Crippen LogP contribution in [0.1, 0.15) is 26.7 Å². The van der Waals surface area contributed by atoms with Crippen LogP contribution in [0.3, 0.4) is 0 Å². The van der Waals surface area contributed by atoms with E-state index in [0.29, 0.717) is 23.7 Å². The lowest BCUT2D eigenvalue weighted by Crippen LogP contribution is -2.39. The van der Waals surface area contributed by atoms with E-state index in [9.17, 15) is 4.79 Å². The molecule has 108 valence electrons. The molecule has 0 radical (unpaired) electrons. The number of likely N-dealkylation sites (tertiary alicyclic amines) is 1. The molecule has 4 nitrogen and oxygen atoms in total. The quantitative estimate of drug-likeness (QED) is 0.945. The van der Waals surface area contributed by atoms with Crippen LogP contribution in [0.25, 0.3) is 11.0 Å². The summed E-state index contributed by atoms with van der Waals surface area (Å²) in [4.78, 5) is 17.6. The number of fused-ring (bicyclic) bond motifs is 1. The molecule has 1 atom stereocenters. The molecule has 2 aromatic rings. The number of nitrogens with one attached hydrogen (secondary N) is 1. The highest BCUT2D eigenvalue weighted by Gasteiger charge is 2.27. The minimum absolute atomic E-state index is 0.0660. The minimum Gasteiger partial charge on any atom is -0.305 e. The van der Waals surface area contributed by atoms with Crippen LogP contribution in [0.15, 0.2) is 23.0 Å². The summed E-state index contributed by atoms with van der Waals surface area (Å²) >= 11 is 6.27. The highest BCUT2D eigenvalue weighted by Crippen LogP contribution is 2.25. The van der Waals surface area contributed by atoms with Crippen LogP contribution in [0.4, 0.5) is 0 Å². The van der Waals surface area contributed by atoms with Crippen molar-refractivity contribution in [2.45, 2.75) is 45.3 Å². The Kier molecular flexibility index (Phi) is 3.61. The number of hydrogen-bond donors (Lipinski definition) is 1. The van der Waals surface area contributed by atoms with Crippen molar-refractivity contribution in [3.8, 4) is 0 Å². The number of H-pyrrole nitrogens is 1. The van der Waals surface area contributed by atoms with Crippen LogP contribution in [-0.2, 0) is 6.54 Å². The maximum atomic E-state index is 12.2. The molecule has 0 saturated carbocycles. The maximum Gasteiger partial charge on any atom is 0.326 e. The summed E-state index contributed by atoms with van der Waals surface area (Å²) in [5.41, 5.74) is 1.58. The first-order chi connectivity index (χ1) is 9.58. The number of imidazole rings is 1. The van der Waals surface area contributed by atoms with Crippen molar-refractivity contribution in [1.29, 1.82) is 0 Å². The van der Waals surface area contributed by atoms with E-state index in [2.05, 4.69) is 23.7 Å². The van der Waals surface area contributed by atoms with E-state index in [1.165, 1.54) is 6.42 Å². The fraction of sp³-hybridized carbons (Fsp3) is 0.533. The Bertz CT molecular complexity index is 673.